The van der Waals surface area contributed by atoms with E-state index in [1.807, 2.05) is 0 Å². The highest BCUT2D eigenvalue weighted by Crippen LogP contribution is 2.10. The van der Waals surface area contributed by atoms with Crippen LogP contribution in [0.15, 0.2) is 0 Å². The second kappa shape index (κ2) is 28.0. The van der Waals surface area contributed by atoms with Gasteiger partial charge in [-0.1, -0.05) is 90.9 Å². The number of carbonyl (C=O) groups is 2. The Balaban J connectivity index is 0. The molecular formula is C26H52O8. The molecular weight excluding hydrogens is 440 g/mol. The van der Waals surface area contributed by atoms with Crippen molar-refractivity contribution < 1.29 is 39.5 Å². The summed E-state index contributed by atoms with van der Waals surface area (Å²) in [5.74, 6) is -0.613. The first-order valence-corrected chi connectivity index (χ1v) is 13.3. The molecule has 204 valence electrons. The lowest BCUT2D eigenvalue weighted by Crippen LogP contribution is -2.25. The Kier molecular flexibility index (Phi) is 28.8. The normalized spacial score (nSPS) is 11.6. The zero-order chi connectivity index (χ0) is 25.9. The molecule has 1 atom stereocenters. The molecule has 1 unspecified atom stereocenters. The van der Waals surface area contributed by atoms with E-state index >= 15 is 0 Å². The molecule has 0 aliphatic heterocycles. The van der Waals surface area contributed by atoms with Gasteiger partial charge in [0.15, 0.2) is 0 Å². The maximum atomic E-state index is 11.3. The predicted molar refractivity (Wildman–Crippen MR) is 133 cm³/mol. The molecule has 0 saturated heterocycles. The van der Waals surface area contributed by atoms with Gasteiger partial charge in [-0.15, -0.1) is 0 Å². The van der Waals surface area contributed by atoms with Gasteiger partial charge in [-0.3, -0.25) is 9.59 Å². The average molecular weight is 493 g/mol. The standard InChI is InChI=1S/2C13H26O4/c1-2-3-4-5-6-7-8-9-13(16)17-11-12(15)10-14;1-2-3-4-5-6-7-8-9-13(16)17-12(10-14)11-15/h2*12,14-15H,2-11H2,1H3. The topological polar surface area (TPSA) is 134 Å². The highest BCUT2D eigenvalue weighted by Gasteiger charge is 2.11. The van der Waals surface area contributed by atoms with E-state index in [4.69, 9.17) is 29.9 Å². The van der Waals surface area contributed by atoms with Crippen LogP contribution in [0, 0.1) is 0 Å². The number of unbranched alkanes of at least 4 members (excludes halogenated alkanes) is 12. The van der Waals surface area contributed by atoms with Crippen molar-refractivity contribution in [3.05, 3.63) is 0 Å². The highest BCUT2D eigenvalue weighted by atomic mass is 16.6. The second-order valence-electron chi connectivity index (χ2n) is 8.74. The quantitative estimate of drug-likeness (QED) is 0.131. The molecule has 0 rings (SSSR count). The smallest absolute Gasteiger partial charge is 0.306 e. The van der Waals surface area contributed by atoms with Crippen molar-refractivity contribution in [2.24, 2.45) is 0 Å². The monoisotopic (exact) mass is 492 g/mol. The van der Waals surface area contributed by atoms with E-state index in [-0.39, 0.29) is 38.4 Å². The van der Waals surface area contributed by atoms with E-state index < -0.39 is 12.2 Å². The molecule has 0 fully saturated rings. The van der Waals surface area contributed by atoms with Gasteiger partial charge < -0.3 is 29.9 Å². The number of hydrogen-bond donors (Lipinski definition) is 4. The van der Waals surface area contributed by atoms with Crippen LogP contribution in [0.4, 0.5) is 0 Å². The minimum atomic E-state index is -0.951. The Morgan fingerprint density at radius 1 is 0.618 bits per heavy atom. The van der Waals surface area contributed by atoms with E-state index in [1.54, 1.807) is 0 Å². The van der Waals surface area contributed by atoms with Gasteiger partial charge in [0.1, 0.15) is 18.8 Å². The first kappa shape index (κ1) is 34.9. The summed E-state index contributed by atoms with van der Waals surface area (Å²) in [4.78, 5) is 22.4. The lowest BCUT2D eigenvalue weighted by atomic mass is 10.1. The SMILES string of the molecule is CCCCCCCCCC(=O)OC(CO)CO.CCCCCCCCCC(=O)OCC(O)CO. The molecule has 0 aliphatic rings. The Morgan fingerprint density at radius 3 is 1.44 bits per heavy atom. The molecule has 8 heteroatoms. The first-order valence-electron chi connectivity index (χ1n) is 13.3. The van der Waals surface area contributed by atoms with Crippen LogP contribution in [0.1, 0.15) is 117 Å². The van der Waals surface area contributed by atoms with Crippen molar-refractivity contribution in [3.63, 3.8) is 0 Å². The summed E-state index contributed by atoms with van der Waals surface area (Å²) >= 11 is 0. The van der Waals surface area contributed by atoms with Gasteiger partial charge in [-0.2, -0.15) is 0 Å². The van der Waals surface area contributed by atoms with Crippen LogP contribution in [0.3, 0.4) is 0 Å². The Bertz CT molecular complexity index is 441. The van der Waals surface area contributed by atoms with Crippen LogP contribution in [-0.4, -0.2) is 71.0 Å². The van der Waals surface area contributed by atoms with Gasteiger partial charge in [0.2, 0.25) is 0 Å². The summed E-state index contributed by atoms with van der Waals surface area (Å²) in [5.41, 5.74) is 0. The summed E-state index contributed by atoms with van der Waals surface area (Å²) in [6, 6.07) is 0. The number of aliphatic hydroxyl groups is 4. The summed E-state index contributed by atoms with van der Waals surface area (Å²) < 4.78 is 9.65. The van der Waals surface area contributed by atoms with Crippen molar-refractivity contribution in [1.82, 2.24) is 0 Å². The summed E-state index contributed by atoms with van der Waals surface area (Å²) in [6.45, 7) is 3.26. The molecule has 0 aromatic rings. The largest absolute Gasteiger partial charge is 0.463 e. The first-order chi connectivity index (χ1) is 16.4. The van der Waals surface area contributed by atoms with Crippen molar-refractivity contribution in [2.75, 3.05) is 26.4 Å². The van der Waals surface area contributed by atoms with Gasteiger partial charge in [0.05, 0.1) is 19.8 Å². The lowest BCUT2D eigenvalue weighted by Gasteiger charge is -2.12. The van der Waals surface area contributed by atoms with E-state index in [1.165, 1.54) is 57.8 Å². The molecule has 0 amide bonds. The van der Waals surface area contributed by atoms with Crippen LogP contribution >= 0.6 is 0 Å². The van der Waals surface area contributed by atoms with E-state index in [2.05, 4.69) is 13.8 Å². The van der Waals surface area contributed by atoms with Crippen LogP contribution in [0.2, 0.25) is 0 Å². The molecule has 0 saturated carbocycles. The third kappa shape index (κ3) is 27.0. The molecule has 0 aromatic heterocycles. The van der Waals surface area contributed by atoms with Crippen molar-refractivity contribution in [3.8, 4) is 0 Å². The molecule has 8 nitrogen and oxygen atoms in total. The highest BCUT2D eigenvalue weighted by molar-refractivity contribution is 5.69. The molecule has 0 aromatic carbocycles. The third-order valence-corrected chi connectivity index (χ3v) is 5.32. The summed E-state index contributed by atoms with van der Waals surface area (Å²) in [5, 5.41) is 35.0. The second-order valence-corrected chi connectivity index (χ2v) is 8.74. The molecule has 0 spiro atoms. The predicted octanol–water partition coefficient (Wildman–Crippen LogP) is 4.05. The number of rotatable bonds is 22. The number of hydrogen-bond acceptors (Lipinski definition) is 8. The Hall–Kier alpha value is -1.22. The Labute approximate surface area is 207 Å². The van der Waals surface area contributed by atoms with Gasteiger partial charge in [0.25, 0.3) is 0 Å². The van der Waals surface area contributed by atoms with Crippen molar-refractivity contribution in [1.29, 1.82) is 0 Å². The van der Waals surface area contributed by atoms with Crippen molar-refractivity contribution in [2.45, 2.75) is 129 Å². The molecule has 0 radical (unpaired) electrons. The number of ether oxygens (including phenoxy) is 2. The molecule has 0 bridgehead atoms. The summed E-state index contributed by atoms with van der Waals surface area (Å²) in [7, 11) is 0. The zero-order valence-electron chi connectivity index (χ0n) is 21.7. The van der Waals surface area contributed by atoms with Crippen LogP contribution < -0.4 is 0 Å². The van der Waals surface area contributed by atoms with Crippen molar-refractivity contribution >= 4 is 11.9 Å². The van der Waals surface area contributed by atoms with Gasteiger partial charge in [-0.05, 0) is 12.8 Å². The average Bonchev–Trinajstić information content (AvgIpc) is 2.85. The molecule has 34 heavy (non-hydrogen) atoms. The lowest BCUT2D eigenvalue weighted by molar-refractivity contribution is -0.153. The minimum absolute atomic E-state index is 0.105. The van der Waals surface area contributed by atoms with Gasteiger partial charge in [-0.25, -0.2) is 0 Å². The fourth-order valence-corrected chi connectivity index (χ4v) is 3.14. The van der Waals surface area contributed by atoms with Crippen LogP contribution in [0.25, 0.3) is 0 Å². The zero-order valence-corrected chi connectivity index (χ0v) is 21.7. The van der Waals surface area contributed by atoms with E-state index in [9.17, 15) is 9.59 Å². The fraction of sp³-hybridized carbons (Fsp3) is 0.923. The van der Waals surface area contributed by atoms with Gasteiger partial charge in [0, 0.05) is 12.8 Å². The Morgan fingerprint density at radius 2 is 1.03 bits per heavy atom. The maximum Gasteiger partial charge on any atom is 0.306 e. The summed E-state index contributed by atoms with van der Waals surface area (Å²) in [6.07, 6.45) is 15.3. The fourth-order valence-electron chi connectivity index (χ4n) is 3.14. The van der Waals surface area contributed by atoms with E-state index in [0.717, 1.165) is 32.1 Å². The van der Waals surface area contributed by atoms with Gasteiger partial charge >= 0.3 is 11.9 Å². The minimum Gasteiger partial charge on any atom is -0.463 e. The molecule has 0 aliphatic carbocycles. The number of esters is 2. The number of carbonyl (C=O) groups excluding carboxylic acids is 2. The van der Waals surface area contributed by atoms with E-state index in [0.29, 0.717) is 12.8 Å². The molecule has 4 N–H and O–H groups in total. The molecule has 0 heterocycles. The van der Waals surface area contributed by atoms with Crippen LogP contribution in [0.5, 0.6) is 0 Å². The maximum absolute atomic E-state index is 11.3. The third-order valence-electron chi connectivity index (χ3n) is 5.32. The number of aliphatic hydroxyl groups excluding tert-OH is 4. The van der Waals surface area contributed by atoms with Crippen LogP contribution in [-0.2, 0) is 19.1 Å².